The molecule has 2 nitrogen and oxygen atoms in total. The Bertz CT molecular complexity index is 611. The van der Waals surface area contributed by atoms with Gasteiger partial charge in [-0.15, -0.1) is 0 Å². The highest BCUT2D eigenvalue weighted by Crippen LogP contribution is 2.27. The van der Waals surface area contributed by atoms with Crippen LogP contribution in [-0.4, -0.2) is 12.0 Å². The van der Waals surface area contributed by atoms with E-state index in [1.165, 1.54) is 16.7 Å². The summed E-state index contributed by atoms with van der Waals surface area (Å²) in [6, 6.07) is 8.82. The van der Waals surface area contributed by atoms with Gasteiger partial charge in [0.1, 0.15) is 0 Å². The summed E-state index contributed by atoms with van der Waals surface area (Å²) in [5.41, 5.74) is 5.02. The summed E-state index contributed by atoms with van der Waals surface area (Å²) in [5.74, 6) is 0. The molecule has 0 aliphatic rings. The van der Waals surface area contributed by atoms with Crippen molar-refractivity contribution < 1.29 is 0 Å². The highest BCUT2D eigenvalue weighted by atomic mass is 79.9. The number of hydrogen-bond acceptors (Lipinski definition) is 2. The van der Waals surface area contributed by atoms with Crippen molar-refractivity contribution in [1.29, 1.82) is 0 Å². The van der Waals surface area contributed by atoms with Crippen LogP contribution in [0.5, 0.6) is 0 Å². The van der Waals surface area contributed by atoms with Crippen LogP contribution in [0, 0.1) is 13.8 Å². The first-order valence-corrected chi connectivity index (χ1v) is 8.14. The average molecular weight is 398 g/mol. The van der Waals surface area contributed by atoms with Crippen LogP contribution in [0.4, 0.5) is 0 Å². The zero-order valence-corrected chi connectivity index (χ0v) is 15.0. The molecule has 0 aliphatic carbocycles. The first-order chi connectivity index (χ1) is 9.51. The van der Waals surface area contributed by atoms with E-state index in [1.807, 2.05) is 19.3 Å². The van der Waals surface area contributed by atoms with E-state index in [9.17, 15) is 0 Å². The Morgan fingerprint density at radius 3 is 2.60 bits per heavy atom. The van der Waals surface area contributed by atoms with Crippen molar-refractivity contribution in [2.24, 2.45) is 0 Å². The van der Waals surface area contributed by atoms with Gasteiger partial charge in [0.15, 0.2) is 0 Å². The zero-order valence-electron chi connectivity index (χ0n) is 11.9. The molecule has 0 radical (unpaired) electrons. The normalized spacial score (nSPS) is 12.4. The maximum atomic E-state index is 4.54. The van der Waals surface area contributed by atoms with Crippen LogP contribution in [-0.2, 0) is 6.42 Å². The van der Waals surface area contributed by atoms with Crippen LogP contribution < -0.4 is 5.32 Å². The SMILES string of the molecule is CNC(Cc1cc(C)ccc1C)c1ncc(Br)cc1Br. The van der Waals surface area contributed by atoms with Gasteiger partial charge in [0.05, 0.1) is 11.7 Å². The Labute approximate surface area is 137 Å². The number of nitrogens with zero attached hydrogens (tertiary/aromatic N) is 1. The van der Waals surface area contributed by atoms with E-state index in [0.717, 1.165) is 21.1 Å². The second-order valence-electron chi connectivity index (χ2n) is 5.00. The largest absolute Gasteiger partial charge is 0.311 e. The van der Waals surface area contributed by atoms with Crippen LogP contribution in [0.2, 0.25) is 0 Å². The molecule has 1 aromatic heterocycles. The first kappa shape index (κ1) is 15.7. The number of pyridine rings is 1. The molecule has 0 saturated heterocycles. The van der Waals surface area contributed by atoms with Gasteiger partial charge >= 0.3 is 0 Å². The molecule has 1 atom stereocenters. The molecule has 1 heterocycles. The molecule has 0 saturated carbocycles. The van der Waals surface area contributed by atoms with E-state index in [0.29, 0.717) is 0 Å². The van der Waals surface area contributed by atoms with Gasteiger partial charge in [-0.1, -0.05) is 23.8 Å². The molecule has 2 rings (SSSR count). The van der Waals surface area contributed by atoms with Gasteiger partial charge in [-0.05, 0) is 76.4 Å². The minimum absolute atomic E-state index is 0.193. The lowest BCUT2D eigenvalue weighted by atomic mass is 9.97. The fourth-order valence-electron chi connectivity index (χ4n) is 2.26. The first-order valence-electron chi connectivity index (χ1n) is 6.55. The molecule has 1 aromatic carbocycles. The third kappa shape index (κ3) is 3.68. The predicted molar refractivity (Wildman–Crippen MR) is 91.1 cm³/mol. The van der Waals surface area contributed by atoms with Gasteiger partial charge in [0, 0.05) is 15.1 Å². The highest BCUT2D eigenvalue weighted by Gasteiger charge is 2.16. The third-order valence-corrected chi connectivity index (χ3v) is 4.51. The Balaban J connectivity index is 2.31. The molecule has 4 heteroatoms. The quantitative estimate of drug-likeness (QED) is 0.806. The van der Waals surface area contributed by atoms with Crippen molar-refractivity contribution in [3.8, 4) is 0 Å². The van der Waals surface area contributed by atoms with Crippen LogP contribution in [0.25, 0.3) is 0 Å². The topological polar surface area (TPSA) is 24.9 Å². The number of hydrogen-bond donors (Lipinski definition) is 1. The maximum Gasteiger partial charge on any atom is 0.0719 e. The molecule has 0 aliphatic heterocycles. The van der Waals surface area contributed by atoms with Gasteiger partial charge in [-0.3, -0.25) is 4.98 Å². The van der Waals surface area contributed by atoms with E-state index in [-0.39, 0.29) is 6.04 Å². The molecule has 0 spiro atoms. The van der Waals surface area contributed by atoms with Crippen molar-refractivity contribution in [2.75, 3.05) is 7.05 Å². The third-order valence-electron chi connectivity index (χ3n) is 3.44. The Hall–Kier alpha value is -0.710. The van der Waals surface area contributed by atoms with Crippen LogP contribution in [0.15, 0.2) is 39.4 Å². The second-order valence-corrected chi connectivity index (χ2v) is 6.77. The minimum atomic E-state index is 0.193. The van der Waals surface area contributed by atoms with E-state index >= 15 is 0 Å². The summed E-state index contributed by atoms with van der Waals surface area (Å²) in [6.07, 6.45) is 2.77. The number of nitrogens with one attached hydrogen (secondary N) is 1. The molecule has 20 heavy (non-hydrogen) atoms. The standard InChI is InChI=1S/C16H18Br2N2/c1-10-4-5-11(2)12(6-10)7-15(19-3)16-14(18)8-13(17)9-20-16/h4-6,8-9,15,19H,7H2,1-3H3. The number of aryl methyl sites for hydroxylation is 2. The van der Waals surface area contributed by atoms with Crippen LogP contribution in [0.3, 0.4) is 0 Å². The fourth-order valence-corrected chi connectivity index (χ4v) is 3.52. The summed E-state index contributed by atoms with van der Waals surface area (Å²) in [6.45, 7) is 4.29. The van der Waals surface area contributed by atoms with Gasteiger partial charge in [0.25, 0.3) is 0 Å². The summed E-state index contributed by atoms with van der Waals surface area (Å²) in [7, 11) is 1.98. The summed E-state index contributed by atoms with van der Waals surface area (Å²) in [4.78, 5) is 4.54. The highest BCUT2D eigenvalue weighted by molar-refractivity contribution is 9.11. The van der Waals surface area contributed by atoms with Crippen molar-refractivity contribution in [3.63, 3.8) is 0 Å². The van der Waals surface area contributed by atoms with Crippen LogP contribution in [0.1, 0.15) is 28.4 Å². The molecule has 1 N–H and O–H groups in total. The van der Waals surface area contributed by atoms with Crippen LogP contribution >= 0.6 is 31.9 Å². The second kappa shape index (κ2) is 6.83. The van der Waals surface area contributed by atoms with Gasteiger partial charge in [-0.25, -0.2) is 0 Å². The molecular formula is C16H18Br2N2. The smallest absolute Gasteiger partial charge is 0.0719 e. The lowest BCUT2D eigenvalue weighted by Gasteiger charge is -2.19. The molecule has 0 bridgehead atoms. The Morgan fingerprint density at radius 1 is 1.20 bits per heavy atom. The Kier molecular flexibility index (Phi) is 5.35. The lowest BCUT2D eigenvalue weighted by Crippen LogP contribution is -2.21. The van der Waals surface area contributed by atoms with Gasteiger partial charge < -0.3 is 5.32 Å². The van der Waals surface area contributed by atoms with Crippen molar-refractivity contribution in [1.82, 2.24) is 10.3 Å². The predicted octanol–water partition coefficient (Wildman–Crippen LogP) is 4.73. The van der Waals surface area contributed by atoms with E-state index in [1.54, 1.807) is 0 Å². The number of likely N-dealkylation sites (N-methyl/N-ethyl adjacent to an activating group) is 1. The summed E-state index contributed by atoms with van der Waals surface area (Å²) in [5, 5.41) is 3.37. The Morgan fingerprint density at radius 2 is 1.95 bits per heavy atom. The number of benzene rings is 1. The number of rotatable bonds is 4. The molecule has 106 valence electrons. The van der Waals surface area contributed by atoms with Crippen molar-refractivity contribution in [2.45, 2.75) is 26.3 Å². The van der Waals surface area contributed by atoms with E-state index in [2.05, 4.69) is 74.2 Å². The summed E-state index contributed by atoms with van der Waals surface area (Å²) >= 11 is 7.04. The summed E-state index contributed by atoms with van der Waals surface area (Å²) < 4.78 is 2.01. The lowest BCUT2D eigenvalue weighted by molar-refractivity contribution is 0.571. The fraction of sp³-hybridized carbons (Fsp3) is 0.312. The van der Waals surface area contributed by atoms with Crippen molar-refractivity contribution in [3.05, 3.63) is 61.8 Å². The van der Waals surface area contributed by atoms with E-state index in [4.69, 9.17) is 0 Å². The average Bonchev–Trinajstić information content (AvgIpc) is 2.40. The monoisotopic (exact) mass is 396 g/mol. The molecule has 1 unspecified atom stereocenters. The molecule has 2 aromatic rings. The molecular weight excluding hydrogens is 380 g/mol. The number of aromatic nitrogens is 1. The minimum Gasteiger partial charge on any atom is -0.311 e. The van der Waals surface area contributed by atoms with Crippen molar-refractivity contribution >= 4 is 31.9 Å². The molecule has 0 amide bonds. The molecule has 0 fully saturated rings. The van der Waals surface area contributed by atoms with Gasteiger partial charge in [0.2, 0.25) is 0 Å². The van der Waals surface area contributed by atoms with E-state index < -0.39 is 0 Å². The van der Waals surface area contributed by atoms with Gasteiger partial charge in [-0.2, -0.15) is 0 Å². The maximum absolute atomic E-state index is 4.54. The zero-order chi connectivity index (χ0) is 14.7. The number of halogens is 2.